The van der Waals surface area contributed by atoms with Crippen LogP contribution in [-0.4, -0.2) is 9.97 Å². The van der Waals surface area contributed by atoms with Gasteiger partial charge in [0.2, 0.25) is 0 Å². The van der Waals surface area contributed by atoms with E-state index in [9.17, 15) is 0 Å². The Balaban J connectivity index is 1.56. The molecule has 2 aromatic heterocycles. The molecule has 3 aromatic carbocycles. The second-order valence-electron chi connectivity index (χ2n) is 8.06. The summed E-state index contributed by atoms with van der Waals surface area (Å²) < 4.78 is 0. The fraction of sp³-hybridized carbons (Fsp3) is 0.0323. The summed E-state index contributed by atoms with van der Waals surface area (Å²) in [6.45, 7) is 2.16. The Labute approximate surface area is 195 Å². The summed E-state index contributed by atoms with van der Waals surface area (Å²) in [5.74, 6) is 0. The summed E-state index contributed by atoms with van der Waals surface area (Å²) in [6, 6.07) is 31.9. The van der Waals surface area contributed by atoms with Crippen LogP contribution in [0.1, 0.15) is 16.7 Å². The first kappa shape index (κ1) is 20.6. The maximum absolute atomic E-state index is 4.32. The summed E-state index contributed by atoms with van der Waals surface area (Å²) in [5, 5.41) is 0. The van der Waals surface area contributed by atoms with E-state index in [-0.39, 0.29) is 0 Å². The number of benzene rings is 3. The quantitative estimate of drug-likeness (QED) is 0.267. The van der Waals surface area contributed by atoms with Crippen LogP contribution in [0.15, 0.2) is 116 Å². The summed E-state index contributed by atoms with van der Waals surface area (Å²) in [6.07, 6.45) is 11.8. The SMILES string of the molecule is Cc1cc(-c2ccc(-c3cccnc3)c(C=Cc3ccccc3)c2)ccc1-c1cccnc1. The monoisotopic (exact) mass is 424 g/mol. The molecule has 5 aromatic rings. The van der Waals surface area contributed by atoms with Gasteiger partial charge in [-0.25, -0.2) is 0 Å². The number of hydrogen-bond acceptors (Lipinski definition) is 2. The second-order valence-corrected chi connectivity index (χ2v) is 8.06. The van der Waals surface area contributed by atoms with Crippen LogP contribution < -0.4 is 0 Å². The molecule has 0 aliphatic carbocycles. The molecular weight excluding hydrogens is 400 g/mol. The number of aryl methyl sites for hydroxylation is 1. The fourth-order valence-electron chi connectivity index (χ4n) is 4.10. The first-order valence-electron chi connectivity index (χ1n) is 11.1. The van der Waals surface area contributed by atoms with Gasteiger partial charge in [-0.3, -0.25) is 9.97 Å². The van der Waals surface area contributed by atoms with Crippen molar-refractivity contribution in [1.82, 2.24) is 9.97 Å². The van der Waals surface area contributed by atoms with Gasteiger partial charge in [-0.05, 0) is 64.1 Å². The van der Waals surface area contributed by atoms with Crippen LogP contribution in [0.4, 0.5) is 0 Å². The van der Waals surface area contributed by atoms with Gasteiger partial charge in [-0.2, -0.15) is 0 Å². The number of pyridine rings is 2. The molecule has 0 amide bonds. The lowest BCUT2D eigenvalue weighted by molar-refractivity contribution is 1.32. The molecular formula is C31H24N2. The highest BCUT2D eigenvalue weighted by Crippen LogP contribution is 2.32. The minimum absolute atomic E-state index is 1.11. The van der Waals surface area contributed by atoms with E-state index >= 15 is 0 Å². The van der Waals surface area contributed by atoms with Crippen LogP contribution in [0.5, 0.6) is 0 Å². The number of hydrogen-bond donors (Lipinski definition) is 0. The van der Waals surface area contributed by atoms with Gasteiger partial charge in [0.15, 0.2) is 0 Å². The Morgan fingerprint density at radius 3 is 1.82 bits per heavy atom. The molecule has 0 saturated carbocycles. The van der Waals surface area contributed by atoms with Crippen molar-refractivity contribution in [3.8, 4) is 33.4 Å². The molecule has 0 N–H and O–H groups in total. The van der Waals surface area contributed by atoms with Crippen LogP contribution in [-0.2, 0) is 0 Å². The van der Waals surface area contributed by atoms with Gasteiger partial charge in [0.1, 0.15) is 0 Å². The predicted molar refractivity (Wildman–Crippen MR) is 138 cm³/mol. The topological polar surface area (TPSA) is 25.8 Å². The molecule has 5 rings (SSSR count). The highest BCUT2D eigenvalue weighted by Gasteiger charge is 2.09. The van der Waals surface area contributed by atoms with Crippen molar-refractivity contribution in [2.75, 3.05) is 0 Å². The van der Waals surface area contributed by atoms with Crippen LogP contribution in [0.3, 0.4) is 0 Å². The predicted octanol–water partition coefficient (Wildman–Crippen LogP) is 7.96. The van der Waals surface area contributed by atoms with Crippen LogP contribution >= 0.6 is 0 Å². The van der Waals surface area contributed by atoms with Crippen LogP contribution in [0.2, 0.25) is 0 Å². The molecule has 0 radical (unpaired) electrons. The second kappa shape index (κ2) is 9.46. The molecule has 0 aliphatic heterocycles. The molecule has 0 unspecified atom stereocenters. The van der Waals surface area contributed by atoms with E-state index in [1.54, 1.807) is 0 Å². The van der Waals surface area contributed by atoms with Crippen molar-refractivity contribution in [3.05, 3.63) is 132 Å². The van der Waals surface area contributed by atoms with Gasteiger partial charge < -0.3 is 0 Å². The Kier molecular flexibility index (Phi) is 5.90. The van der Waals surface area contributed by atoms with Crippen molar-refractivity contribution in [3.63, 3.8) is 0 Å². The molecule has 2 nitrogen and oxygen atoms in total. The van der Waals surface area contributed by atoms with Crippen molar-refractivity contribution in [2.45, 2.75) is 6.92 Å². The smallest absolute Gasteiger partial charge is 0.0346 e. The van der Waals surface area contributed by atoms with Crippen molar-refractivity contribution in [2.24, 2.45) is 0 Å². The molecule has 2 heterocycles. The van der Waals surface area contributed by atoms with Gasteiger partial charge in [0.25, 0.3) is 0 Å². The average Bonchev–Trinajstić information content (AvgIpc) is 2.89. The molecule has 0 bridgehead atoms. The third-order valence-electron chi connectivity index (χ3n) is 5.81. The van der Waals surface area contributed by atoms with Crippen molar-refractivity contribution < 1.29 is 0 Å². The van der Waals surface area contributed by atoms with Gasteiger partial charge in [-0.15, -0.1) is 0 Å². The minimum atomic E-state index is 1.11. The van der Waals surface area contributed by atoms with E-state index in [1.165, 1.54) is 38.9 Å². The van der Waals surface area contributed by atoms with Gasteiger partial charge in [0.05, 0.1) is 0 Å². The fourth-order valence-corrected chi connectivity index (χ4v) is 4.10. The Hall–Kier alpha value is -4.30. The van der Waals surface area contributed by atoms with Crippen molar-refractivity contribution in [1.29, 1.82) is 0 Å². The maximum Gasteiger partial charge on any atom is 0.0346 e. The highest BCUT2D eigenvalue weighted by molar-refractivity contribution is 5.84. The van der Waals surface area contributed by atoms with E-state index in [1.807, 2.05) is 43.0 Å². The Morgan fingerprint density at radius 1 is 0.545 bits per heavy atom. The number of nitrogens with zero attached hydrogens (tertiary/aromatic N) is 2. The zero-order chi connectivity index (χ0) is 22.5. The van der Waals surface area contributed by atoms with Gasteiger partial charge in [-0.1, -0.05) is 84.9 Å². The maximum atomic E-state index is 4.32. The lowest BCUT2D eigenvalue weighted by Crippen LogP contribution is -1.89. The van der Waals surface area contributed by atoms with Crippen molar-refractivity contribution >= 4 is 12.2 Å². The van der Waals surface area contributed by atoms with Crippen LogP contribution in [0, 0.1) is 6.92 Å². The Bertz CT molecular complexity index is 1390. The Morgan fingerprint density at radius 2 is 1.18 bits per heavy atom. The summed E-state index contributed by atoms with van der Waals surface area (Å²) >= 11 is 0. The van der Waals surface area contributed by atoms with Crippen LogP contribution in [0.25, 0.3) is 45.5 Å². The minimum Gasteiger partial charge on any atom is -0.264 e. The zero-order valence-electron chi connectivity index (χ0n) is 18.5. The van der Waals surface area contributed by atoms with Gasteiger partial charge in [0, 0.05) is 35.9 Å². The van der Waals surface area contributed by atoms with E-state index in [0.717, 1.165) is 11.1 Å². The average molecular weight is 425 g/mol. The first-order valence-corrected chi connectivity index (χ1v) is 11.1. The normalized spacial score (nSPS) is 11.1. The molecule has 0 aliphatic rings. The molecule has 0 saturated heterocycles. The molecule has 158 valence electrons. The highest BCUT2D eigenvalue weighted by atomic mass is 14.6. The largest absolute Gasteiger partial charge is 0.264 e. The zero-order valence-corrected chi connectivity index (χ0v) is 18.5. The summed E-state index contributed by atoms with van der Waals surface area (Å²) in [7, 11) is 0. The van der Waals surface area contributed by atoms with E-state index in [2.05, 4.69) is 102 Å². The number of aromatic nitrogens is 2. The third-order valence-corrected chi connectivity index (χ3v) is 5.81. The van der Waals surface area contributed by atoms with Gasteiger partial charge >= 0.3 is 0 Å². The molecule has 0 fully saturated rings. The first-order chi connectivity index (χ1) is 16.3. The lowest BCUT2D eigenvalue weighted by atomic mass is 9.92. The molecule has 2 heteroatoms. The summed E-state index contributed by atoms with van der Waals surface area (Å²) in [5.41, 5.74) is 10.6. The number of rotatable bonds is 5. The molecule has 0 atom stereocenters. The van der Waals surface area contributed by atoms with E-state index < -0.39 is 0 Å². The van der Waals surface area contributed by atoms with E-state index in [4.69, 9.17) is 0 Å². The summed E-state index contributed by atoms with van der Waals surface area (Å²) in [4.78, 5) is 8.59. The third kappa shape index (κ3) is 4.65. The standard InChI is InChI=1S/C31H24N2/c1-23-19-25(13-15-30(23)28-9-5-17-32-21-28)26-14-16-31(29-10-6-18-33-22-29)27(20-26)12-11-24-7-3-2-4-8-24/h2-22H,1H3. The van der Waals surface area contributed by atoms with E-state index in [0.29, 0.717) is 0 Å². The lowest BCUT2D eigenvalue weighted by Gasteiger charge is -2.12. The molecule has 33 heavy (non-hydrogen) atoms. The molecule has 0 spiro atoms.